The second kappa shape index (κ2) is 1.95. The first-order valence-electron chi connectivity index (χ1n) is 1.35. The SMILES string of the molecule is NC(=O)OS(=O)(=O)F. The summed E-state index contributed by atoms with van der Waals surface area (Å²) in [7, 11) is -5.20. The molecule has 8 heavy (non-hydrogen) atoms. The fraction of sp³-hybridized carbons (Fsp3) is 0. The lowest BCUT2D eigenvalue weighted by Gasteiger charge is -1.87. The highest BCUT2D eigenvalue weighted by atomic mass is 32.3. The minimum atomic E-state index is -5.20. The third-order valence-corrected chi connectivity index (χ3v) is 0.545. The van der Waals surface area contributed by atoms with Crippen molar-refractivity contribution in [3.63, 3.8) is 0 Å². The molecule has 0 rings (SSSR count). The summed E-state index contributed by atoms with van der Waals surface area (Å²) in [5, 5.41) is 0. The maximum atomic E-state index is 11.1. The third-order valence-electron chi connectivity index (χ3n) is 0.182. The first-order valence-corrected chi connectivity index (χ1v) is 2.66. The number of rotatable bonds is 1. The smallest absolute Gasteiger partial charge is 0.334 e. The second-order valence-corrected chi connectivity index (χ2v) is 1.75. The molecule has 0 aliphatic rings. The summed E-state index contributed by atoms with van der Waals surface area (Å²) in [6.45, 7) is 0. The Balaban J connectivity index is 3.95. The zero-order valence-electron chi connectivity index (χ0n) is 3.50. The van der Waals surface area contributed by atoms with E-state index in [-0.39, 0.29) is 0 Å². The van der Waals surface area contributed by atoms with Crippen molar-refractivity contribution < 1.29 is 21.3 Å². The van der Waals surface area contributed by atoms with E-state index in [1.54, 1.807) is 0 Å². The van der Waals surface area contributed by atoms with Crippen molar-refractivity contribution >= 4 is 16.6 Å². The quantitative estimate of drug-likeness (QED) is 0.491. The molecular formula is CH2FNO4S. The van der Waals surface area contributed by atoms with E-state index in [1.165, 1.54) is 0 Å². The number of primary amides is 1. The topological polar surface area (TPSA) is 86.5 Å². The lowest BCUT2D eigenvalue weighted by atomic mass is 11.3. The van der Waals surface area contributed by atoms with Crippen LogP contribution in [-0.4, -0.2) is 14.5 Å². The molecule has 2 N–H and O–H groups in total. The zero-order valence-corrected chi connectivity index (χ0v) is 4.31. The number of amides is 1. The number of carbonyl (C=O) groups is 1. The molecule has 0 aliphatic heterocycles. The van der Waals surface area contributed by atoms with Crippen molar-refractivity contribution in [2.24, 2.45) is 5.73 Å². The molecule has 48 valence electrons. The number of hydrogen-bond donors (Lipinski definition) is 1. The molecule has 0 aromatic heterocycles. The van der Waals surface area contributed by atoms with E-state index in [9.17, 15) is 17.1 Å². The van der Waals surface area contributed by atoms with Gasteiger partial charge in [0, 0.05) is 0 Å². The maximum Gasteiger partial charge on any atom is 0.492 e. The molecule has 1 amide bonds. The summed E-state index contributed by atoms with van der Waals surface area (Å²) in [5.74, 6) is 0. The van der Waals surface area contributed by atoms with Gasteiger partial charge in [-0.25, -0.2) is 4.79 Å². The van der Waals surface area contributed by atoms with Crippen molar-refractivity contribution in [2.45, 2.75) is 0 Å². The van der Waals surface area contributed by atoms with E-state index in [1.807, 2.05) is 0 Å². The molecule has 0 saturated carbocycles. The van der Waals surface area contributed by atoms with Crippen molar-refractivity contribution in [3.05, 3.63) is 0 Å². The highest BCUT2D eigenvalue weighted by Gasteiger charge is 2.10. The number of halogens is 1. The van der Waals surface area contributed by atoms with Crippen LogP contribution in [0.15, 0.2) is 0 Å². The fourth-order valence-electron chi connectivity index (χ4n) is 0.0981. The number of nitrogens with two attached hydrogens (primary N) is 1. The lowest BCUT2D eigenvalue weighted by molar-refractivity contribution is 0.209. The van der Waals surface area contributed by atoms with Gasteiger partial charge in [-0.15, -0.1) is 0 Å². The number of hydrogen-bond acceptors (Lipinski definition) is 4. The monoisotopic (exact) mass is 143 g/mol. The van der Waals surface area contributed by atoms with E-state index < -0.39 is 16.6 Å². The van der Waals surface area contributed by atoms with Gasteiger partial charge in [-0.05, 0) is 0 Å². The van der Waals surface area contributed by atoms with E-state index in [0.717, 1.165) is 0 Å². The Hall–Kier alpha value is -0.850. The Bertz CT molecular complexity index is 182. The van der Waals surface area contributed by atoms with Crippen LogP contribution in [0.4, 0.5) is 8.68 Å². The van der Waals surface area contributed by atoms with Crippen molar-refractivity contribution in [1.82, 2.24) is 0 Å². The predicted molar refractivity (Wildman–Crippen MR) is 20.7 cm³/mol. The summed E-state index contributed by atoms with van der Waals surface area (Å²) < 4.78 is 32.5. The van der Waals surface area contributed by atoms with Crippen molar-refractivity contribution in [2.75, 3.05) is 0 Å². The molecule has 0 radical (unpaired) electrons. The zero-order chi connectivity index (χ0) is 6.78. The number of carbonyl (C=O) groups excluding carboxylic acids is 1. The van der Waals surface area contributed by atoms with E-state index >= 15 is 0 Å². The van der Waals surface area contributed by atoms with Crippen molar-refractivity contribution in [3.8, 4) is 0 Å². The third kappa shape index (κ3) is 5.15. The van der Waals surface area contributed by atoms with Crippen LogP contribution in [0.1, 0.15) is 0 Å². The van der Waals surface area contributed by atoms with E-state index in [0.29, 0.717) is 0 Å². The summed E-state index contributed by atoms with van der Waals surface area (Å²) in [6.07, 6.45) is -1.69. The van der Waals surface area contributed by atoms with Crippen LogP contribution in [0.25, 0.3) is 0 Å². The average Bonchev–Trinajstić information content (AvgIpc) is 1.21. The van der Waals surface area contributed by atoms with Gasteiger partial charge in [-0.2, -0.15) is 8.42 Å². The van der Waals surface area contributed by atoms with Gasteiger partial charge in [-0.1, -0.05) is 3.89 Å². The molecule has 0 bridgehead atoms. The van der Waals surface area contributed by atoms with Crippen LogP contribution in [-0.2, 0) is 14.7 Å². The standard InChI is InChI=1S/CH2FNO4S/c2-8(5,6)7-1(3)4/h(H2,3,4). The van der Waals surface area contributed by atoms with Gasteiger partial charge in [0.1, 0.15) is 0 Å². The van der Waals surface area contributed by atoms with E-state index in [4.69, 9.17) is 0 Å². The van der Waals surface area contributed by atoms with Crippen LogP contribution >= 0.6 is 0 Å². The molecule has 5 nitrogen and oxygen atoms in total. The van der Waals surface area contributed by atoms with Gasteiger partial charge in [0.15, 0.2) is 0 Å². The molecule has 0 heterocycles. The molecule has 0 aromatic carbocycles. The normalized spacial score (nSPS) is 10.6. The highest BCUT2D eigenvalue weighted by Crippen LogP contribution is 1.90. The van der Waals surface area contributed by atoms with Gasteiger partial charge in [0.05, 0.1) is 0 Å². The van der Waals surface area contributed by atoms with Gasteiger partial charge in [-0.3, -0.25) is 0 Å². The summed E-state index contributed by atoms with van der Waals surface area (Å²) >= 11 is 0. The molecule has 0 aromatic rings. The van der Waals surface area contributed by atoms with Gasteiger partial charge in [0.25, 0.3) is 0 Å². The first kappa shape index (κ1) is 7.15. The Morgan fingerprint density at radius 2 is 2.00 bits per heavy atom. The van der Waals surface area contributed by atoms with Crippen molar-refractivity contribution in [1.29, 1.82) is 0 Å². The Labute approximate surface area is 44.6 Å². The molecule has 0 unspecified atom stereocenters. The largest absolute Gasteiger partial charge is 0.492 e. The summed E-state index contributed by atoms with van der Waals surface area (Å²) in [5.41, 5.74) is 4.10. The fourth-order valence-corrected chi connectivity index (χ4v) is 0.294. The highest BCUT2D eigenvalue weighted by molar-refractivity contribution is 7.81. The van der Waals surface area contributed by atoms with Crippen LogP contribution < -0.4 is 5.73 Å². The van der Waals surface area contributed by atoms with Crippen LogP contribution in [0, 0.1) is 0 Å². The van der Waals surface area contributed by atoms with Gasteiger partial charge in [0.2, 0.25) is 0 Å². The molecule has 0 atom stereocenters. The molecule has 7 heteroatoms. The molecule has 0 aliphatic carbocycles. The molecule has 0 saturated heterocycles. The first-order chi connectivity index (χ1) is 3.42. The van der Waals surface area contributed by atoms with Crippen LogP contribution in [0.5, 0.6) is 0 Å². The van der Waals surface area contributed by atoms with E-state index in [2.05, 4.69) is 9.92 Å². The van der Waals surface area contributed by atoms with Crippen LogP contribution in [0.3, 0.4) is 0 Å². The van der Waals surface area contributed by atoms with Gasteiger partial charge < -0.3 is 9.92 Å². The summed E-state index contributed by atoms with van der Waals surface area (Å²) in [6, 6.07) is 0. The minimum Gasteiger partial charge on any atom is -0.334 e. The lowest BCUT2D eigenvalue weighted by Crippen LogP contribution is -2.15. The molecule has 0 spiro atoms. The van der Waals surface area contributed by atoms with Gasteiger partial charge >= 0.3 is 16.6 Å². The second-order valence-electron chi connectivity index (χ2n) is 0.795. The Morgan fingerprint density at radius 3 is 2.00 bits per heavy atom. The minimum absolute atomic E-state index is 1.69. The van der Waals surface area contributed by atoms with Crippen LogP contribution in [0.2, 0.25) is 0 Å². The Kier molecular flexibility index (Phi) is 1.74. The average molecular weight is 143 g/mol. The summed E-state index contributed by atoms with van der Waals surface area (Å²) in [4.78, 5) is 9.40. The molecule has 0 fully saturated rings. The Morgan fingerprint density at radius 1 is 1.62 bits per heavy atom. The predicted octanol–water partition coefficient (Wildman–Crippen LogP) is -0.704. The maximum absolute atomic E-state index is 11.1. The molecular weight excluding hydrogens is 141 g/mol.